The molecular weight excluding hydrogens is 334 g/mol. The van der Waals surface area contributed by atoms with E-state index < -0.39 is 6.10 Å². The van der Waals surface area contributed by atoms with Crippen LogP contribution in [0.5, 0.6) is 5.75 Å². The molecule has 2 aliphatic heterocycles. The molecule has 1 aromatic carbocycles. The molecule has 142 valence electrons. The molecule has 1 unspecified atom stereocenters. The molecule has 7 heteroatoms. The van der Waals surface area contributed by atoms with E-state index in [1.54, 1.807) is 4.90 Å². The van der Waals surface area contributed by atoms with Gasteiger partial charge >= 0.3 is 0 Å². The van der Waals surface area contributed by atoms with Crippen molar-refractivity contribution in [3.05, 3.63) is 24.3 Å². The SMILES string of the molecule is CCC1Oc2ccccc2N(CCC(=O)NCCN2CCOCC2)C1=O. The van der Waals surface area contributed by atoms with Gasteiger partial charge < -0.3 is 19.7 Å². The molecule has 1 saturated heterocycles. The number of hydrogen-bond acceptors (Lipinski definition) is 5. The molecule has 0 aliphatic carbocycles. The van der Waals surface area contributed by atoms with Crippen molar-refractivity contribution in [2.45, 2.75) is 25.9 Å². The van der Waals surface area contributed by atoms with Gasteiger partial charge in [0.05, 0.1) is 18.9 Å². The highest BCUT2D eigenvalue weighted by atomic mass is 16.5. The predicted molar refractivity (Wildman–Crippen MR) is 98.4 cm³/mol. The first-order chi connectivity index (χ1) is 12.7. The normalized spacial score (nSPS) is 20.4. The zero-order valence-corrected chi connectivity index (χ0v) is 15.3. The van der Waals surface area contributed by atoms with E-state index in [2.05, 4.69) is 10.2 Å². The average molecular weight is 361 g/mol. The van der Waals surface area contributed by atoms with E-state index >= 15 is 0 Å². The first-order valence-electron chi connectivity index (χ1n) is 9.33. The number of fused-ring (bicyclic) bond motifs is 1. The fourth-order valence-corrected chi connectivity index (χ4v) is 3.24. The van der Waals surface area contributed by atoms with Crippen LogP contribution in [0.2, 0.25) is 0 Å². The quantitative estimate of drug-likeness (QED) is 0.785. The molecule has 3 rings (SSSR count). The molecule has 2 amide bonds. The number of anilines is 1. The molecule has 2 aliphatic rings. The highest BCUT2D eigenvalue weighted by molar-refractivity contribution is 6.00. The molecule has 0 bridgehead atoms. The number of benzene rings is 1. The van der Waals surface area contributed by atoms with E-state index in [0.29, 0.717) is 25.3 Å². The van der Waals surface area contributed by atoms with Gasteiger partial charge in [-0.05, 0) is 18.6 Å². The number of amides is 2. The third kappa shape index (κ3) is 4.53. The summed E-state index contributed by atoms with van der Waals surface area (Å²) in [4.78, 5) is 28.7. The van der Waals surface area contributed by atoms with Gasteiger partial charge in [0.1, 0.15) is 5.75 Å². The topological polar surface area (TPSA) is 71.1 Å². The lowest BCUT2D eigenvalue weighted by atomic mass is 10.1. The standard InChI is InChI=1S/C19H27N3O4/c1-2-16-19(24)22(15-5-3-4-6-17(15)26-16)9-7-18(23)20-8-10-21-11-13-25-14-12-21/h3-6,16H,2,7-14H2,1H3,(H,20,23). The van der Waals surface area contributed by atoms with Crippen molar-refractivity contribution in [2.24, 2.45) is 0 Å². The average Bonchev–Trinajstić information content (AvgIpc) is 2.67. The summed E-state index contributed by atoms with van der Waals surface area (Å²) < 4.78 is 11.1. The molecule has 2 heterocycles. The van der Waals surface area contributed by atoms with Crippen LogP contribution in [-0.4, -0.2) is 68.8 Å². The first-order valence-corrected chi connectivity index (χ1v) is 9.33. The van der Waals surface area contributed by atoms with Gasteiger partial charge in [-0.15, -0.1) is 0 Å². The zero-order valence-electron chi connectivity index (χ0n) is 15.3. The number of ether oxygens (including phenoxy) is 2. The number of morpholine rings is 1. The second-order valence-corrected chi connectivity index (χ2v) is 6.53. The lowest BCUT2D eigenvalue weighted by molar-refractivity contribution is -0.126. The van der Waals surface area contributed by atoms with Crippen molar-refractivity contribution in [1.82, 2.24) is 10.2 Å². The molecule has 1 N–H and O–H groups in total. The Balaban J connectivity index is 1.49. The minimum absolute atomic E-state index is 0.0388. The second-order valence-electron chi connectivity index (χ2n) is 6.53. The van der Waals surface area contributed by atoms with Gasteiger partial charge in [-0.3, -0.25) is 14.5 Å². The summed E-state index contributed by atoms with van der Waals surface area (Å²) in [5, 5.41) is 2.94. The third-order valence-corrected chi connectivity index (χ3v) is 4.75. The molecule has 7 nitrogen and oxygen atoms in total. The Bertz CT molecular complexity index is 631. The largest absolute Gasteiger partial charge is 0.478 e. The Morgan fingerprint density at radius 3 is 2.77 bits per heavy atom. The predicted octanol–water partition coefficient (Wildman–Crippen LogP) is 1.03. The van der Waals surface area contributed by atoms with Gasteiger partial charge in [0.15, 0.2) is 6.10 Å². The third-order valence-electron chi connectivity index (χ3n) is 4.75. The van der Waals surface area contributed by atoms with E-state index in [9.17, 15) is 9.59 Å². The fourth-order valence-electron chi connectivity index (χ4n) is 3.24. The van der Waals surface area contributed by atoms with Crippen molar-refractivity contribution < 1.29 is 19.1 Å². The van der Waals surface area contributed by atoms with Gasteiger partial charge in [-0.2, -0.15) is 0 Å². The number of para-hydroxylation sites is 2. The fraction of sp³-hybridized carbons (Fsp3) is 0.579. The van der Waals surface area contributed by atoms with Crippen LogP contribution in [0.4, 0.5) is 5.69 Å². The molecule has 26 heavy (non-hydrogen) atoms. The Labute approximate surface area is 154 Å². The summed E-state index contributed by atoms with van der Waals surface area (Å²) >= 11 is 0. The number of hydrogen-bond donors (Lipinski definition) is 1. The maximum absolute atomic E-state index is 12.6. The molecular formula is C19H27N3O4. The second kappa shape index (κ2) is 9.00. The summed E-state index contributed by atoms with van der Waals surface area (Å²) in [7, 11) is 0. The van der Waals surface area contributed by atoms with E-state index in [0.717, 1.165) is 38.5 Å². The van der Waals surface area contributed by atoms with E-state index in [1.807, 2.05) is 31.2 Å². The Kier molecular flexibility index (Phi) is 6.46. The van der Waals surface area contributed by atoms with Crippen LogP contribution in [0.3, 0.4) is 0 Å². The van der Waals surface area contributed by atoms with E-state index in [4.69, 9.17) is 9.47 Å². The highest BCUT2D eigenvalue weighted by Gasteiger charge is 2.33. The van der Waals surface area contributed by atoms with Crippen LogP contribution in [0.1, 0.15) is 19.8 Å². The number of nitrogens with zero attached hydrogens (tertiary/aromatic N) is 2. The van der Waals surface area contributed by atoms with Crippen LogP contribution in [0.25, 0.3) is 0 Å². The maximum Gasteiger partial charge on any atom is 0.268 e. The van der Waals surface area contributed by atoms with Gasteiger partial charge in [-0.25, -0.2) is 0 Å². The summed E-state index contributed by atoms with van der Waals surface area (Å²) in [5.74, 6) is 0.585. The highest BCUT2D eigenvalue weighted by Crippen LogP contribution is 2.34. The molecule has 0 radical (unpaired) electrons. The zero-order chi connectivity index (χ0) is 18.4. The van der Waals surface area contributed by atoms with E-state index in [-0.39, 0.29) is 18.2 Å². The van der Waals surface area contributed by atoms with Crippen molar-refractivity contribution >= 4 is 17.5 Å². The van der Waals surface area contributed by atoms with Crippen LogP contribution in [0, 0.1) is 0 Å². The Hall–Kier alpha value is -2.12. The van der Waals surface area contributed by atoms with Crippen molar-refractivity contribution in [1.29, 1.82) is 0 Å². The molecule has 0 saturated carbocycles. The molecule has 1 atom stereocenters. The summed E-state index contributed by atoms with van der Waals surface area (Å²) in [6, 6.07) is 7.48. The molecule has 0 spiro atoms. The van der Waals surface area contributed by atoms with Gasteiger partial charge in [0, 0.05) is 39.1 Å². The molecule has 0 aromatic heterocycles. The van der Waals surface area contributed by atoms with Crippen LogP contribution >= 0.6 is 0 Å². The summed E-state index contributed by atoms with van der Waals surface area (Å²) in [5.41, 5.74) is 0.739. The number of rotatable bonds is 7. The van der Waals surface area contributed by atoms with Crippen LogP contribution < -0.4 is 15.0 Å². The van der Waals surface area contributed by atoms with Crippen LogP contribution in [-0.2, 0) is 14.3 Å². The first kappa shape index (κ1) is 18.7. The number of nitrogens with one attached hydrogen (secondary N) is 1. The van der Waals surface area contributed by atoms with Crippen molar-refractivity contribution in [3.63, 3.8) is 0 Å². The van der Waals surface area contributed by atoms with Gasteiger partial charge in [0.25, 0.3) is 5.91 Å². The Morgan fingerprint density at radius 2 is 2.00 bits per heavy atom. The smallest absolute Gasteiger partial charge is 0.268 e. The van der Waals surface area contributed by atoms with Gasteiger partial charge in [-0.1, -0.05) is 19.1 Å². The minimum atomic E-state index is -0.478. The van der Waals surface area contributed by atoms with E-state index in [1.165, 1.54) is 0 Å². The summed E-state index contributed by atoms with van der Waals surface area (Å²) in [6.07, 6.45) is 0.406. The lowest BCUT2D eigenvalue weighted by Crippen LogP contribution is -2.47. The van der Waals surface area contributed by atoms with Gasteiger partial charge in [0.2, 0.25) is 5.91 Å². The van der Waals surface area contributed by atoms with Crippen molar-refractivity contribution in [3.8, 4) is 5.75 Å². The van der Waals surface area contributed by atoms with Crippen LogP contribution in [0.15, 0.2) is 24.3 Å². The van der Waals surface area contributed by atoms with Crippen molar-refractivity contribution in [2.75, 3.05) is 50.8 Å². The number of carbonyl (C=O) groups is 2. The monoisotopic (exact) mass is 361 g/mol. The lowest BCUT2D eigenvalue weighted by Gasteiger charge is -2.34. The maximum atomic E-state index is 12.6. The minimum Gasteiger partial charge on any atom is -0.478 e. The molecule has 1 aromatic rings. The Morgan fingerprint density at radius 1 is 1.23 bits per heavy atom. The number of carbonyl (C=O) groups excluding carboxylic acids is 2. The summed E-state index contributed by atoms with van der Waals surface area (Å²) in [6.45, 7) is 7.05. The molecule has 1 fully saturated rings.